The third kappa shape index (κ3) is 5.68. The molecular formula is C24H27N3O6S2. The number of hydrogen-bond donors (Lipinski definition) is 1. The Morgan fingerprint density at radius 3 is 2.31 bits per heavy atom. The fourth-order valence-corrected chi connectivity index (χ4v) is 7.06. The van der Waals surface area contributed by atoms with Crippen LogP contribution in [0.5, 0.6) is 0 Å². The number of piperidine rings is 1. The summed E-state index contributed by atoms with van der Waals surface area (Å²) in [5, 5.41) is 10.6. The van der Waals surface area contributed by atoms with Crippen LogP contribution in [0.2, 0.25) is 0 Å². The number of aromatic nitrogens is 2. The van der Waals surface area contributed by atoms with E-state index in [2.05, 4.69) is 9.97 Å². The van der Waals surface area contributed by atoms with Gasteiger partial charge in [-0.25, -0.2) is 16.8 Å². The van der Waals surface area contributed by atoms with Crippen LogP contribution in [0.4, 0.5) is 0 Å². The van der Waals surface area contributed by atoms with E-state index in [0.29, 0.717) is 22.2 Å². The number of nitrogens with zero attached hydrogens (tertiary/aromatic N) is 3. The third-order valence-corrected chi connectivity index (χ3v) is 9.83. The lowest BCUT2D eigenvalue weighted by molar-refractivity contribution is 0.000530. The van der Waals surface area contributed by atoms with Crippen molar-refractivity contribution in [3.8, 4) is 0 Å². The number of amides is 1. The molecule has 0 bridgehead atoms. The Balaban J connectivity index is 1.43. The second-order valence-corrected chi connectivity index (χ2v) is 13.1. The van der Waals surface area contributed by atoms with Gasteiger partial charge in [0.2, 0.25) is 0 Å². The molecule has 1 aliphatic rings. The zero-order valence-corrected chi connectivity index (χ0v) is 20.9. The number of sulfone groups is 2. The first-order valence-corrected chi connectivity index (χ1v) is 14.7. The van der Waals surface area contributed by atoms with E-state index >= 15 is 0 Å². The largest absolute Gasteiger partial charge is 0.389 e. The summed E-state index contributed by atoms with van der Waals surface area (Å²) in [6.07, 6.45) is 3.32. The highest BCUT2D eigenvalue weighted by Gasteiger charge is 2.37. The van der Waals surface area contributed by atoms with E-state index in [1.807, 2.05) is 0 Å². The fourth-order valence-electron chi connectivity index (χ4n) is 4.22. The van der Waals surface area contributed by atoms with Crippen LogP contribution in [0.1, 0.15) is 35.7 Å². The topological polar surface area (TPSA) is 135 Å². The van der Waals surface area contributed by atoms with Crippen molar-refractivity contribution in [3.63, 3.8) is 0 Å². The molecule has 0 spiro atoms. The van der Waals surface area contributed by atoms with Crippen molar-refractivity contribution < 1.29 is 26.7 Å². The van der Waals surface area contributed by atoms with Crippen molar-refractivity contribution in [3.05, 3.63) is 66.0 Å². The summed E-state index contributed by atoms with van der Waals surface area (Å²) in [6, 6.07) is 11.2. The van der Waals surface area contributed by atoms with Gasteiger partial charge in [0.15, 0.2) is 19.7 Å². The lowest BCUT2D eigenvalue weighted by Crippen LogP contribution is -2.50. The molecule has 11 heteroatoms. The van der Waals surface area contributed by atoms with Crippen LogP contribution in [0.3, 0.4) is 0 Å². The van der Waals surface area contributed by atoms with Crippen LogP contribution in [0.25, 0.3) is 11.0 Å². The van der Waals surface area contributed by atoms with E-state index < -0.39 is 25.3 Å². The van der Waals surface area contributed by atoms with Gasteiger partial charge in [-0.05, 0) is 42.7 Å². The van der Waals surface area contributed by atoms with Gasteiger partial charge < -0.3 is 10.0 Å². The molecule has 1 aliphatic heterocycles. The van der Waals surface area contributed by atoms with E-state index in [1.54, 1.807) is 48.2 Å². The normalized spacial score (nSPS) is 16.3. The second kappa shape index (κ2) is 9.63. The maximum Gasteiger partial charge on any atom is 0.253 e. The van der Waals surface area contributed by atoms with Crippen molar-refractivity contribution in [1.82, 2.24) is 14.9 Å². The number of fused-ring (bicyclic) bond motifs is 1. The van der Waals surface area contributed by atoms with Crippen molar-refractivity contribution in [1.29, 1.82) is 0 Å². The van der Waals surface area contributed by atoms with Crippen molar-refractivity contribution in [2.24, 2.45) is 0 Å². The van der Waals surface area contributed by atoms with Gasteiger partial charge in [0.05, 0.1) is 27.5 Å². The maximum atomic E-state index is 13.1. The summed E-state index contributed by atoms with van der Waals surface area (Å²) in [6.45, 7) is 2.03. The molecule has 0 saturated carbocycles. The monoisotopic (exact) mass is 517 g/mol. The average Bonchev–Trinajstić information content (AvgIpc) is 2.83. The van der Waals surface area contributed by atoms with Crippen LogP contribution in [-0.2, 0) is 25.4 Å². The average molecular weight is 518 g/mol. The first-order valence-electron chi connectivity index (χ1n) is 11.3. The first-order chi connectivity index (χ1) is 16.5. The van der Waals surface area contributed by atoms with Gasteiger partial charge in [-0.3, -0.25) is 14.8 Å². The molecule has 2 aromatic carbocycles. The molecule has 1 N–H and O–H groups in total. The van der Waals surface area contributed by atoms with Crippen molar-refractivity contribution >= 4 is 36.6 Å². The molecule has 9 nitrogen and oxygen atoms in total. The summed E-state index contributed by atoms with van der Waals surface area (Å²) in [4.78, 5) is 22.9. The number of carbonyl (C=O) groups excluding carboxylic acids is 1. The zero-order valence-electron chi connectivity index (χ0n) is 19.3. The SMILES string of the molecule is CCS(=O)(=O)CC1(O)CCN(C(=O)c2ccc(CS(=O)(=O)c3cccc4nccnc34)cc2)CC1. The molecule has 0 unspecified atom stereocenters. The second-order valence-electron chi connectivity index (χ2n) is 8.83. The molecule has 2 heterocycles. The number of benzene rings is 2. The van der Waals surface area contributed by atoms with Crippen LogP contribution in [0, 0.1) is 0 Å². The fraction of sp³-hybridized carbons (Fsp3) is 0.375. The van der Waals surface area contributed by atoms with Crippen molar-refractivity contribution in [2.45, 2.75) is 36.0 Å². The minimum Gasteiger partial charge on any atom is -0.389 e. The Labute approximate surface area is 204 Å². The zero-order chi connectivity index (χ0) is 25.3. The highest BCUT2D eigenvalue weighted by molar-refractivity contribution is 7.91. The van der Waals surface area contributed by atoms with Gasteiger partial charge in [0, 0.05) is 36.8 Å². The minimum atomic E-state index is -3.70. The Kier molecular flexibility index (Phi) is 6.94. The van der Waals surface area contributed by atoms with E-state index in [0.717, 1.165) is 0 Å². The molecule has 3 aromatic rings. The lowest BCUT2D eigenvalue weighted by atomic mass is 9.93. The molecule has 0 atom stereocenters. The highest BCUT2D eigenvalue weighted by atomic mass is 32.2. The van der Waals surface area contributed by atoms with E-state index in [-0.39, 0.29) is 54.0 Å². The summed E-state index contributed by atoms with van der Waals surface area (Å²) < 4.78 is 49.9. The minimum absolute atomic E-state index is 0.0338. The maximum absolute atomic E-state index is 13.1. The molecule has 1 aromatic heterocycles. The molecule has 4 rings (SSSR count). The lowest BCUT2D eigenvalue weighted by Gasteiger charge is -2.38. The number of rotatable bonds is 7. The van der Waals surface area contributed by atoms with Gasteiger partial charge in [-0.1, -0.05) is 25.1 Å². The first kappa shape index (κ1) is 25.2. The van der Waals surface area contributed by atoms with E-state index in [4.69, 9.17) is 0 Å². The van der Waals surface area contributed by atoms with Crippen molar-refractivity contribution in [2.75, 3.05) is 24.6 Å². The van der Waals surface area contributed by atoms with Crippen LogP contribution < -0.4 is 0 Å². The number of para-hydroxylation sites is 1. The number of hydrogen-bond acceptors (Lipinski definition) is 8. The number of carbonyl (C=O) groups is 1. The predicted molar refractivity (Wildman–Crippen MR) is 131 cm³/mol. The highest BCUT2D eigenvalue weighted by Crippen LogP contribution is 2.26. The smallest absolute Gasteiger partial charge is 0.253 e. The molecule has 186 valence electrons. The molecular weight excluding hydrogens is 490 g/mol. The van der Waals surface area contributed by atoms with Crippen LogP contribution >= 0.6 is 0 Å². The summed E-state index contributed by atoms with van der Waals surface area (Å²) in [5.41, 5.74) is 0.415. The number of likely N-dealkylation sites (tertiary alicyclic amines) is 1. The molecule has 1 saturated heterocycles. The summed E-state index contributed by atoms with van der Waals surface area (Å²) in [5.74, 6) is -0.832. The number of aliphatic hydroxyl groups is 1. The van der Waals surface area contributed by atoms with E-state index in [9.17, 15) is 26.7 Å². The van der Waals surface area contributed by atoms with E-state index in [1.165, 1.54) is 18.5 Å². The third-order valence-electron chi connectivity index (χ3n) is 6.26. The standard InChI is InChI=1S/C24H27N3O6S2/c1-2-34(30,31)17-24(29)10-14-27(15-11-24)23(28)19-8-6-18(7-9-19)16-35(32,33)21-5-3-4-20-22(21)26-13-12-25-20/h3-9,12-13,29H,2,10-11,14-17H2,1H3. The molecule has 0 radical (unpaired) electrons. The van der Waals surface area contributed by atoms with Gasteiger partial charge in [0.25, 0.3) is 5.91 Å². The Morgan fingerprint density at radius 2 is 1.66 bits per heavy atom. The molecule has 1 fully saturated rings. The van der Waals surface area contributed by atoms with Gasteiger partial charge in [-0.15, -0.1) is 0 Å². The van der Waals surface area contributed by atoms with Crippen LogP contribution in [0.15, 0.2) is 59.8 Å². The van der Waals surface area contributed by atoms with Gasteiger partial charge in [-0.2, -0.15) is 0 Å². The molecule has 0 aliphatic carbocycles. The Morgan fingerprint density at radius 1 is 1.00 bits per heavy atom. The van der Waals surface area contributed by atoms with Crippen LogP contribution in [-0.4, -0.2) is 72.9 Å². The Bertz CT molecular complexity index is 1440. The molecule has 35 heavy (non-hydrogen) atoms. The predicted octanol–water partition coefficient (Wildman–Crippen LogP) is 2.01. The summed E-state index contributed by atoms with van der Waals surface area (Å²) in [7, 11) is -7.03. The summed E-state index contributed by atoms with van der Waals surface area (Å²) >= 11 is 0. The Hall–Kier alpha value is -2.89. The molecule has 1 amide bonds. The quantitative estimate of drug-likeness (QED) is 0.503. The van der Waals surface area contributed by atoms with Gasteiger partial charge in [0.1, 0.15) is 5.52 Å². The van der Waals surface area contributed by atoms with Gasteiger partial charge >= 0.3 is 0 Å².